The fourth-order valence-electron chi connectivity index (χ4n) is 2.09. The molecule has 11 nitrogen and oxygen atoms in total. The maximum absolute atomic E-state index is 12.3. The average Bonchev–Trinajstić information content (AvgIpc) is 2.54. The molecule has 0 aliphatic carbocycles. The summed E-state index contributed by atoms with van der Waals surface area (Å²) >= 11 is 0. The molecule has 0 aliphatic rings. The second-order valence-corrected chi connectivity index (χ2v) is 6.33. The molecular weight excluding hydrogens is 344 g/mol. The number of hydrogen-bond acceptors (Lipinski definition) is 6. The van der Waals surface area contributed by atoms with Crippen molar-refractivity contribution in [1.29, 1.82) is 0 Å². The first kappa shape index (κ1) is 23.6. The number of hydrogen-bond donors (Lipinski definition) is 7. The van der Waals surface area contributed by atoms with Crippen LogP contribution < -0.4 is 27.8 Å². The van der Waals surface area contributed by atoms with Gasteiger partial charge >= 0.3 is 5.97 Å². The highest BCUT2D eigenvalue weighted by molar-refractivity contribution is 5.91. The van der Waals surface area contributed by atoms with Gasteiger partial charge < -0.3 is 38.0 Å². The molecule has 0 fully saturated rings. The highest BCUT2D eigenvalue weighted by Crippen LogP contribution is 2.06. The summed E-state index contributed by atoms with van der Waals surface area (Å²) in [6, 6.07) is -3.26. The lowest BCUT2D eigenvalue weighted by atomic mass is 10.0. The molecule has 0 heterocycles. The molecule has 0 saturated carbocycles. The molecule has 0 aromatic rings. The van der Waals surface area contributed by atoms with E-state index in [1.54, 1.807) is 0 Å². The van der Waals surface area contributed by atoms with Crippen LogP contribution in [-0.4, -0.2) is 65.2 Å². The lowest BCUT2D eigenvalue weighted by Gasteiger charge is -2.23. The molecule has 10 N–H and O–H groups in total. The first-order valence-electron chi connectivity index (χ1n) is 8.33. The molecule has 0 aromatic heterocycles. The van der Waals surface area contributed by atoms with Crippen LogP contribution in [0.2, 0.25) is 0 Å². The number of amides is 2. The quantitative estimate of drug-likeness (QED) is 0.110. The van der Waals surface area contributed by atoms with Gasteiger partial charge in [-0.2, -0.15) is 0 Å². The Labute approximate surface area is 152 Å². The van der Waals surface area contributed by atoms with Crippen molar-refractivity contribution in [3.05, 3.63) is 0 Å². The number of carboxylic acids is 1. The molecule has 0 rings (SSSR count). The van der Waals surface area contributed by atoms with E-state index in [2.05, 4.69) is 15.6 Å². The third-order valence-corrected chi connectivity index (χ3v) is 3.44. The normalized spacial score (nSPS) is 14.2. The monoisotopic (exact) mass is 374 g/mol. The third kappa shape index (κ3) is 9.79. The molecule has 11 heteroatoms. The van der Waals surface area contributed by atoms with Gasteiger partial charge in [0.25, 0.3) is 0 Å². The number of carboxylic acid groups (broad SMARTS) is 1. The number of aliphatic carboxylic acids is 1. The highest BCUT2D eigenvalue weighted by Gasteiger charge is 2.28. The SMILES string of the molecule is CC(C)CC(NC(=O)C(N)CCCN=C(N)N)C(=O)NC(CO)C(=O)O. The lowest BCUT2D eigenvalue weighted by molar-refractivity contribution is -0.143. The minimum absolute atomic E-state index is 0.0476. The van der Waals surface area contributed by atoms with Crippen molar-refractivity contribution in [2.45, 2.75) is 51.2 Å². The summed E-state index contributed by atoms with van der Waals surface area (Å²) in [7, 11) is 0. The van der Waals surface area contributed by atoms with Crippen molar-refractivity contribution in [1.82, 2.24) is 10.6 Å². The molecule has 3 unspecified atom stereocenters. The number of nitrogens with zero attached hydrogens (tertiary/aromatic N) is 1. The minimum Gasteiger partial charge on any atom is -0.480 e. The Morgan fingerprint density at radius 1 is 1.08 bits per heavy atom. The van der Waals surface area contributed by atoms with E-state index in [-0.39, 0.29) is 18.3 Å². The highest BCUT2D eigenvalue weighted by atomic mass is 16.4. The topological polar surface area (TPSA) is 206 Å². The Hall–Kier alpha value is -2.40. The number of rotatable bonds is 12. The first-order chi connectivity index (χ1) is 12.1. The van der Waals surface area contributed by atoms with Gasteiger partial charge in [0, 0.05) is 6.54 Å². The Balaban J connectivity index is 4.77. The van der Waals surface area contributed by atoms with Crippen LogP contribution in [0.25, 0.3) is 0 Å². The van der Waals surface area contributed by atoms with Crippen molar-refractivity contribution in [2.24, 2.45) is 28.1 Å². The van der Waals surface area contributed by atoms with Crippen molar-refractivity contribution in [2.75, 3.05) is 13.2 Å². The van der Waals surface area contributed by atoms with Crippen LogP contribution in [0.15, 0.2) is 4.99 Å². The minimum atomic E-state index is -1.44. The Morgan fingerprint density at radius 2 is 1.65 bits per heavy atom. The zero-order valence-corrected chi connectivity index (χ0v) is 15.1. The van der Waals surface area contributed by atoms with Crippen molar-refractivity contribution in [3.63, 3.8) is 0 Å². The predicted molar refractivity (Wildman–Crippen MR) is 95.9 cm³/mol. The number of aliphatic imine (C=N–C) groups is 1. The van der Waals surface area contributed by atoms with E-state index in [4.69, 9.17) is 27.4 Å². The summed E-state index contributed by atoms with van der Waals surface area (Å²) in [5.74, 6) is -2.59. The van der Waals surface area contributed by atoms with Crippen molar-refractivity contribution in [3.8, 4) is 0 Å². The summed E-state index contributed by atoms with van der Waals surface area (Å²) in [6.07, 6.45) is 1.09. The molecule has 0 aromatic carbocycles. The smallest absolute Gasteiger partial charge is 0.328 e. The summed E-state index contributed by atoms with van der Waals surface area (Å²) < 4.78 is 0. The predicted octanol–water partition coefficient (Wildman–Crippen LogP) is -2.54. The summed E-state index contributed by atoms with van der Waals surface area (Å²) in [4.78, 5) is 39.2. The molecule has 0 saturated heterocycles. The lowest BCUT2D eigenvalue weighted by Crippen LogP contribution is -2.55. The van der Waals surface area contributed by atoms with Crippen LogP contribution in [0.4, 0.5) is 0 Å². The van der Waals surface area contributed by atoms with E-state index < -0.39 is 42.5 Å². The van der Waals surface area contributed by atoms with Gasteiger partial charge in [-0.25, -0.2) is 4.79 Å². The van der Waals surface area contributed by atoms with E-state index in [1.165, 1.54) is 0 Å². The Bertz CT molecular complexity index is 507. The van der Waals surface area contributed by atoms with Crippen molar-refractivity contribution < 1.29 is 24.6 Å². The zero-order valence-electron chi connectivity index (χ0n) is 15.1. The van der Waals surface area contributed by atoms with Crippen LogP contribution in [0.3, 0.4) is 0 Å². The number of aliphatic hydroxyl groups is 1. The van der Waals surface area contributed by atoms with Gasteiger partial charge in [0.2, 0.25) is 11.8 Å². The fourth-order valence-corrected chi connectivity index (χ4v) is 2.09. The molecule has 3 atom stereocenters. The third-order valence-electron chi connectivity index (χ3n) is 3.44. The van der Waals surface area contributed by atoms with Gasteiger partial charge in [-0.05, 0) is 25.2 Å². The van der Waals surface area contributed by atoms with E-state index in [0.29, 0.717) is 19.4 Å². The van der Waals surface area contributed by atoms with Gasteiger partial charge in [-0.1, -0.05) is 13.8 Å². The molecule has 150 valence electrons. The van der Waals surface area contributed by atoms with E-state index in [1.807, 2.05) is 13.8 Å². The zero-order chi connectivity index (χ0) is 20.3. The second kappa shape index (κ2) is 12.0. The maximum Gasteiger partial charge on any atom is 0.328 e. The Morgan fingerprint density at radius 3 is 2.12 bits per heavy atom. The number of guanidine groups is 1. The number of carbonyl (C=O) groups excluding carboxylic acids is 2. The number of nitrogens with two attached hydrogens (primary N) is 3. The molecule has 2 amide bonds. The Kier molecular flexibility index (Phi) is 10.9. The van der Waals surface area contributed by atoms with Gasteiger partial charge in [-0.3, -0.25) is 14.6 Å². The molecule has 0 aliphatic heterocycles. The standard InChI is InChI=1S/C15H30N6O5/c1-8(2)6-10(13(24)21-11(7-22)14(25)26)20-12(23)9(16)4-3-5-19-15(17)18/h8-11,22H,3-7,16H2,1-2H3,(H,20,23)(H,21,24)(H,25,26)(H4,17,18,19). The summed E-state index contributed by atoms with van der Waals surface area (Å²) in [5.41, 5.74) is 16.2. The van der Waals surface area contributed by atoms with E-state index in [9.17, 15) is 14.4 Å². The second-order valence-electron chi connectivity index (χ2n) is 6.33. The summed E-state index contributed by atoms with van der Waals surface area (Å²) in [5, 5.41) is 22.6. The molecular formula is C15H30N6O5. The van der Waals surface area contributed by atoms with Crippen molar-refractivity contribution >= 4 is 23.7 Å². The number of nitrogens with one attached hydrogen (secondary N) is 2. The maximum atomic E-state index is 12.3. The summed E-state index contributed by atoms with van der Waals surface area (Å²) in [6.45, 7) is 3.27. The first-order valence-corrected chi connectivity index (χ1v) is 8.33. The molecule has 0 spiro atoms. The number of aliphatic hydroxyl groups excluding tert-OH is 1. The van der Waals surface area contributed by atoms with Crippen LogP contribution in [0.5, 0.6) is 0 Å². The van der Waals surface area contributed by atoms with Crippen LogP contribution in [-0.2, 0) is 14.4 Å². The van der Waals surface area contributed by atoms with Gasteiger partial charge in [0.15, 0.2) is 5.96 Å². The van der Waals surface area contributed by atoms with E-state index in [0.717, 1.165) is 0 Å². The van der Waals surface area contributed by atoms with Crippen LogP contribution in [0.1, 0.15) is 33.1 Å². The molecule has 26 heavy (non-hydrogen) atoms. The largest absolute Gasteiger partial charge is 0.480 e. The van der Waals surface area contributed by atoms with Crippen LogP contribution in [0, 0.1) is 5.92 Å². The fraction of sp³-hybridized carbons (Fsp3) is 0.733. The molecule has 0 radical (unpaired) electrons. The van der Waals surface area contributed by atoms with Gasteiger partial charge in [-0.15, -0.1) is 0 Å². The van der Waals surface area contributed by atoms with Gasteiger partial charge in [0.1, 0.15) is 12.1 Å². The molecule has 0 bridgehead atoms. The van der Waals surface area contributed by atoms with Crippen LogP contribution >= 0.6 is 0 Å². The number of carbonyl (C=O) groups is 3. The van der Waals surface area contributed by atoms with Gasteiger partial charge in [0.05, 0.1) is 12.6 Å². The van der Waals surface area contributed by atoms with E-state index >= 15 is 0 Å². The average molecular weight is 374 g/mol.